The van der Waals surface area contributed by atoms with Crippen molar-refractivity contribution >= 4 is 5.57 Å². The van der Waals surface area contributed by atoms with Crippen molar-refractivity contribution in [1.82, 2.24) is 0 Å². The Hall–Kier alpha value is -1.56. The van der Waals surface area contributed by atoms with E-state index < -0.39 is 0 Å². The van der Waals surface area contributed by atoms with E-state index >= 15 is 0 Å². The van der Waals surface area contributed by atoms with Crippen LogP contribution in [0.3, 0.4) is 0 Å². The average Bonchev–Trinajstić information content (AvgIpc) is 2.42. The van der Waals surface area contributed by atoms with Crippen LogP contribution in [0.5, 0.6) is 0 Å². The Balaban J connectivity index is 2.18. The Morgan fingerprint density at radius 3 is 2.93 bits per heavy atom. The summed E-state index contributed by atoms with van der Waals surface area (Å²) in [5, 5.41) is 0. The lowest BCUT2D eigenvalue weighted by atomic mass is 10.00. The summed E-state index contributed by atoms with van der Waals surface area (Å²) in [4.78, 5) is 0. The first kappa shape index (κ1) is 7.81. The van der Waals surface area contributed by atoms with E-state index in [1.807, 2.05) is 0 Å². The second-order valence-electron chi connectivity index (χ2n) is 3.86. The number of hydrogen-bond donors (Lipinski definition) is 0. The van der Waals surface area contributed by atoms with Gasteiger partial charge < -0.3 is 0 Å². The van der Waals surface area contributed by atoms with Crippen molar-refractivity contribution in [3.8, 4) is 0 Å². The van der Waals surface area contributed by atoms with E-state index in [0.717, 1.165) is 0 Å². The van der Waals surface area contributed by atoms with Gasteiger partial charge in [-0.2, -0.15) is 0 Å². The summed E-state index contributed by atoms with van der Waals surface area (Å²) < 4.78 is 0. The van der Waals surface area contributed by atoms with Gasteiger partial charge in [0.25, 0.3) is 0 Å². The van der Waals surface area contributed by atoms with E-state index in [1.165, 1.54) is 23.1 Å². The zero-order chi connectivity index (χ0) is 9.38. The highest BCUT2D eigenvalue weighted by Crippen LogP contribution is 2.38. The molecule has 0 radical (unpaired) electrons. The van der Waals surface area contributed by atoms with Crippen LogP contribution in [-0.2, 0) is 6.42 Å². The number of fused-ring (bicyclic) bond motifs is 3. The lowest BCUT2D eigenvalue weighted by Gasteiger charge is -2.04. The number of rotatable bonds is 0. The van der Waals surface area contributed by atoms with Gasteiger partial charge in [-0.05, 0) is 23.1 Å². The smallest absolute Gasteiger partial charge is 0.00677 e. The van der Waals surface area contributed by atoms with E-state index in [-0.39, 0.29) is 0 Å². The molecule has 0 saturated carbocycles. The predicted molar refractivity (Wildman–Crippen MR) is 59.9 cm³/mol. The fourth-order valence-corrected chi connectivity index (χ4v) is 2.33. The van der Waals surface area contributed by atoms with Gasteiger partial charge in [-0.1, -0.05) is 54.6 Å². The minimum absolute atomic E-state index is 0.599. The van der Waals surface area contributed by atoms with Gasteiger partial charge in [-0.25, -0.2) is 0 Å². The molecule has 2 aliphatic rings. The Labute approximate surface area is 84.3 Å². The van der Waals surface area contributed by atoms with Crippen molar-refractivity contribution in [3.63, 3.8) is 0 Å². The Bertz CT molecular complexity index is 447. The molecule has 1 atom stereocenters. The molecule has 1 aromatic rings. The molecule has 0 amide bonds. The molecule has 1 unspecified atom stereocenters. The van der Waals surface area contributed by atoms with Crippen molar-refractivity contribution in [2.45, 2.75) is 6.42 Å². The molecule has 3 rings (SSSR count). The molecule has 0 bridgehead atoms. The number of hydrogen-bond acceptors (Lipinski definition) is 0. The maximum absolute atomic E-state index is 2.30. The fraction of sp³-hybridized carbons (Fsp3) is 0.143. The molecule has 0 heterocycles. The second-order valence-corrected chi connectivity index (χ2v) is 3.86. The minimum atomic E-state index is 0.599. The number of benzene rings is 1. The van der Waals surface area contributed by atoms with Gasteiger partial charge in [-0.3, -0.25) is 0 Å². The van der Waals surface area contributed by atoms with E-state index in [0.29, 0.717) is 5.92 Å². The maximum Gasteiger partial charge on any atom is 0.00677 e. The molecule has 0 saturated heterocycles. The van der Waals surface area contributed by atoms with Crippen molar-refractivity contribution in [1.29, 1.82) is 0 Å². The fourth-order valence-electron chi connectivity index (χ4n) is 2.33. The standard InChI is InChI=1S/C14H12/c1-2-6-11-10-12-7-4-5-9-14(12)13(11)8-3-1/h1-9,11H,10H2. The average molecular weight is 180 g/mol. The summed E-state index contributed by atoms with van der Waals surface area (Å²) >= 11 is 0. The van der Waals surface area contributed by atoms with Gasteiger partial charge in [0.1, 0.15) is 0 Å². The summed E-state index contributed by atoms with van der Waals surface area (Å²) in [7, 11) is 0. The van der Waals surface area contributed by atoms with Gasteiger partial charge in [-0.15, -0.1) is 0 Å². The van der Waals surface area contributed by atoms with E-state index in [9.17, 15) is 0 Å². The molecule has 0 N–H and O–H groups in total. The second kappa shape index (κ2) is 2.98. The molecule has 0 aliphatic heterocycles. The van der Waals surface area contributed by atoms with Gasteiger partial charge in [0.05, 0.1) is 0 Å². The molecule has 2 aliphatic carbocycles. The highest BCUT2D eigenvalue weighted by molar-refractivity contribution is 5.77. The van der Waals surface area contributed by atoms with E-state index in [4.69, 9.17) is 0 Å². The highest BCUT2D eigenvalue weighted by Gasteiger charge is 2.23. The first-order chi connectivity index (χ1) is 6.95. The van der Waals surface area contributed by atoms with Crippen LogP contribution >= 0.6 is 0 Å². The molecule has 0 spiro atoms. The van der Waals surface area contributed by atoms with Crippen molar-refractivity contribution in [2.75, 3.05) is 0 Å². The zero-order valence-corrected chi connectivity index (χ0v) is 7.98. The van der Waals surface area contributed by atoms with Crippen LogP contribution in [0.25, 0.3) is 5.57 Å². The molecule has 1 aromatic carbocycles. The summed E-state index contributed by atoms with van der Waals surface area (Å²) in [5.74, 6) is 0.599. The van der Waals surface area contributed by atoms with Crippen LogP contribution in [-0.4, -0.2) is 0 Å². The molecular formula is C14H12. The van der Waals surface area contributed by atoms with Gasteiger partial charge in [0, 0.05) is 5.92 Å². The maximum atomic E-state index is 2.30. The third-order valence-electron chi connectivity index (χ3n) is 3.01. The van der Waals surface area contributed by atoms with Crippen molar-refractivity contribution < 1.29 is 0 Å². The first-order valence-corrected chi connectivity index (χ1v) is 5.08. The van der Waals surface area contributed by atoms with Gasteiger partial charge in [0.2, 0.25) is 0 Å². The van der Waals surface area contributed by atoms with Crippen LogP contribution in [0.1, 0.15) is 11.1 Å². The third-order valence-corrected chi connectivity index (χ3v) is 3.01. The summed E-state index contributed by atoms with van der Waals surface area (Å²) in [6.07, 6.45) is 12.1. The molecule has 14 heavy (non-hydrogen) atoms. The van der Waals surface area contributed by atoms with Crippen LogP contribution < -0.4 is 0 Å². The molecule has 0 nitrogen and oxygen atoms in total. The summed E-state index contributed by atoms with van der Waals surface area (Å²) in [6, 6.07) is 8.72. The Morgan fingerprint density at radius 1 is 1.00 bits per heavy atom. The molecule has 68 valence electrons. The summed E-state index contributed by atoms with van der Waals surface area (Å²) in [5.41, 5.74) is 4.41. The van der Waals surface area contributed by atoms with Crippen LogP contribution in [0.4, 0.5) is 0 Å². The zero-order valence-electron chi connectivity index (χ0n) is 7.98. The van der Waals surface area contributed by atoms with E-state index in [2.05, 4.69) is 54.6 Å². The van der Waals surface area contributed by atoms with Crippen molar-refractivity contribution in [2.24, 2.45) is 5.92 Å². The molecule has 0 heteroatoms. The van der Waals surface area contributed by atoms with Gasteiger partial charge >= 0.3 is 0 Å². The monoisotopic (exact) mass is 180 g/mol. The van der Waals surface area contributed by atoms with E-state index in [1.54, 1.807) is 0 Å². The Kier molecular flexibility index (Phi) is 1.66. The van der Waals surface area contributed by atoms with Crippen LogP contribution in [0.15, 0.2) is 54.6 Å². The predicted octanol–water partition coefficient (Wildman–Crippen LogP) is 3.37. The first-order valence-electron chi connectivity index (χ1n) is 5.08. The number of allylic oxidation sites excluding steroid dienone is 6. The molecular weight excluding hydrogens is 168 g/mol. The van der Waals surface area contributed by atoms with Gasteiger partial charge in [0.15, 0.2) is 0 Å². The normalized spacial score (nSPS) is 22.6. The topological polar surface area (TPSA) is 0 Å². The molecule has 0 aromatic heterocycles. The SMILES string of the molecule is C1=CC=C2c3ccccc3CC2C=C1. The van der Waals surface area contributed by atoms with Crippen LogP contribution in [0.2, 0.25) is 0 Å². The minimum Gasteiger partial charge on any atom is -0.0767 e. The lowest BCUT2D eigenvalue weighted by molar-refractivity contribution is 0.871. The largest absolute Gasteiger partial charge is 0.0767 e. The lowest BCUT2D eigenvalue weighted by Crippen LogP contribution is -1.92. The Morgan fingerprint density at radius 2 is 1.93 bits per heavy atom. The third kappa shape index (κ3) is 1.07. The summed E-state index contributed by atoms with van der Waals surface area (Å²) in [6.45, 7) is 0. The molecule has 0 fully saturated rings. The van der Waals surface area contributed by atoms with Crippen LogP contribution in [0, 0.1) is 5.92 Å². The quantitative estimate of drug-likeness (QED) is 0.574. The van der Waals surface area contributed by atoms with Crippen molar-refractivity contribution in [3.05, 3.63) is 65.8 Å². The highest BCUT2D eigenvalue weighted by atomic mass is 14.3.